The Bertz CT molecular complexity index is 1070. The molecule has 7 nitrogen and oxygen atoms in total. The summed E-state index contributed by atoms with van der Waals surface area (Å²) in [5, 5.41) is 3.01. The van der Waals surface area contributed by atoms with Crippen molar-refractivity contribution in [1.29, 1.82) is 0 Å². The number of imide groups is 1. The molecule has 160 valence electrons. The molecule has 0 atom stereocenters. The minimum atomic E-state index is -0.377. The van der Waals surface area contributed by atoms with Crippen molar-refractivity contribution in [3.63, 3.8) is 0 Å². The Balaban J connectivity index is 1.28. The van der Waals surface area contributed by atoms with Crippen molar-refractivity contribution in [2.24, 2.45) is 0 Å². The van der Waals surface area contributed by atoms with Crippen molar-refractivity contribution >= 4 is 46.5 Å². The van der Waals surface area contributed by atoms with Gasteiger partial charge in [-0.05, 0) is 53.6 Å². The van der Waals surface area contributed by atoms with Gasteiger partial charge in [0.25, 0.3) is 11.1 Å². The van der Waals surface area contributed by atoms with Crippen LogP contribution in [0.15, 0.2) is 47.4 Å². The Hall–Kier alpha value is -2.97. The number of amides is 3. The predicted octanol–water partition coefficient (Wildman–Crippen LogP) is 3.85. The summed E-state index contributed by atoms with van der Waals surface area (Å²) in [6, 6.07) is 12.7. The number of nitrogens with zero attached hydrogens (tertiary/aromatic N) is 1. The summed E-state index contributed by atoms with van der Waals surface area (Å²) in [4.78, 5) is 38.4. The molecule has 1 fully saturated rings. The van der Waals surface area contributed by atoms with Crippen LogP contribution in [0.25, 0.3) is 6.08 Å². The van der Waals surface area contributed by atoms with E-state index >= 15 is 0 Å². The summed E-state index contributed by atoms with van der Waals surface area (Å²) in [5.41, 5.74) is 1.64. The molecule has 0 spiro atoms. The van der Waals surface area contributed by atoms with Crippen LogP contribution in [0, 0.1) is 0 Å². The van der Waals surface area contributed by atoms with E-state index < -0.39 is 0 Å². The van der Waals surface area contributed by atoms with Gasteiger partial charge in [-0.25, -0.2) is 0 Å². The van der Waals surface area contributed by atoms with Gasteiger partial charge < -0.3 is 14.8 Å². The molecule has 0 aromatic heterocycles. The van der Waals surface area contributed by atoms with Crippen LogP contribution >= 0.6 is 23.4 Å². The maximum absolute atomic E-state index is 12.6. The quantitative estimate of drug-likeness (QED) is 0.634. The fraction of sp³-hybridized carbons (Fsp3) is 0.227. The van der Waals surface area contributed by atoms with Crippen LogP contribution in [0.5, 0.6) is 11.5 Å². The van der Waals surface area contributed by atoms with Gasteiger partial charge in [-0.1, -0.05) is 35.9 Å². The largest absolute Gasteiger partial charge is 0.454 e. The Morgan fingerprint density at radius 2 is 1.97 bits per heavy atom. The van der Waals surface area contributed by atoms with Crippen molar-refractivity contribution in [3.8, 4) is 11.5 Å². The van der Waals surface area contributed by atoms with Crippen LogP contribution in [0.1, 0.15) is 17.5 Å². The van der Waals surface area contributed by atoms with Crippen LogP contribution in [-0.2, 0) is 16.0 Å². The lowest BCUT2D eigenvalue weighted by atomic mass is 10.1. The summed E-state index contributed by atoms with van der Waals surface area (Å²) in [6.07, 6.45) is 2.44. The van der Waals surface area contributed by atoms with Crippen LogP contribution in [0.2, 0.25) is 5.02 Å². The highest BCUT2D eigenvalue weighted by Crippen LogP contribution is 2.36. The second-order valence-electron chi connectivity index (χ2n) is 6.89. The molecule has 2 aromatic rings. The lowest BCUT2D eigenvalue weighted by Gasteiger charge is -2.13. The number of aryl methyl sites for hydroxylation is 1. The lowest BCUT2D eigenvalue weighted by Crippen LogP contribution is -2.37. The van der Waals surface area contributed by atoms with E-state index in [4.69, 9.17) is 21.1 Å². The van der Waals surface area contributed by atoms with Crippen molar-refractivity contribution in [2.75, 3.05) is 19.9 Å². The number of fused-ring (bicyclic) bond motifs is 1. The van der Waals surface area contributed by atoms with Gasteiger partial charge in [-0.3, -0.25) is 19.3 Å². The zero-order chi connectivity index (χ0) is 21.8. The van der Waals surface area contributed by atoms with Crippen molar-refractivity contribution in [3.05, 3.63) is 63.5 Å². The van der Waals surface area contributed by atoms with Gasteiger partial charge in [-0.15, -0.1) is 0 Å². The molecule has 2 aliphatic rings. The minimum absolute atomic E-state index is 0.112. The number of ether oxygens (including phenoxy) is 2. The van der Waals surface area contributed by atoms with Crippen LogP contribution in [-0.4, -0.2) is 41.8 Å². The van der Waals surface area contributed by atoms with E-state index in [-0.39, 0.29) is 43.4 Å². The average Bonchev–Trinajstić information content (AvgIpc) is 3.32. The molecule has 4 rings (SSSR count). The number of halogens is 1. The maximum atomic E-state index is 12.6. The number of hydrogen-bond acceptors (Lipinski definition) is 6. The molecule has 0 unspecified atom stereocenters. The van der Waals surface area contributed by atoms with E-state index in [1.807, 2.05) is 18.2 Å². The summed E-state index contributed by atoms with van der Waals surface area (Å²) < 4.78 is 10.6. The molecule has 2 heterocycles. The van der Waals surface area contributed by atoms with Crippen molar-refractivity contribution < 1.29 is 23.9 Å². The van der Waals surface area contributed by atoms with Crippen molar-refractivity contribution in [2.45, 2.75) is 12.8 Å². The minimum Gasteiger partial charge on any atom is -0.454 e. The topological polar surface area (TPSA) is 84.9 Å². The van der Waals surface area contributed by atoms with Gasteiger partial charge in [-0.2, -0.15) is 0 Å². The Labute approximate surface area is 188 Å². The summed E-state index contributed by atoms with van der Waals surface area (Å²) in [5.74, 6) is 0.712. The second kappa shape index (κ2) is 9.45. The Morgan fingerprint density at radius 1 is 1.16 bits per heavy atom. The second-order valence-corrected chi connectivity index (χ2v) is 8.29. The van der Waals surface area contributed by atoms with Crippen molar-refractivity contribution in [1.82, 2.24) is 10.2 Å². The molecular weight excluding hydrogens is 440 g/mol. The maximum Gasteiger partial charge on any atom is 0.293 e. The van der Waals surface area contributed by atoms with Gasteiger partial charge in [0.1, 0.15) is 0 Å². The first-order valence-corrected chi connectivity index (χ1v) is 10.9. The van der Waals surface area contributed by atoms with Gasteiger partial charge in [0.05, 0.1) is 4.91 Å². The van der Waals surface area contributed by atoms with E-state index in [1.54, 1.807) is 30.3 Å². The van der Waals surface area contributed by atoms with Gasteiger partial charge in [0.2, 0.25) is 12.7 Å². The average molecular weight is 459 g/mol. The van der Waals surface area contributed by atoms with Crippen LogP contribution in [0.3, 0.4) is 0 Å². The zero-order valence-corrected chi connectivity index (χ0v) is 18.0. The fourth-order valence-electron chi connectivity index (χ4n) is 3.19. The molecule has 0 radical (unpaired) electrons. The molecule has 0 saturated carbocycles. The molecule has 0 bridgehead atoms. The van der Waals surface area contributed by atoms with Gasteiger partial charge in [0.15, 0.2) is 11.5 Å². The zero-order valence-electron chi connectivity index (χ0n) is 16.4. The molecule has 3 amide bonds. The highest BCUT2D eigenvalue weighted by Gasteiger charge is 2.34. The van der Waals surface area contributed by atoms with Gasteiger partial charge >= 0.3 is 0 Å². The summed E-state index contributed by atoms with van der Waals surface area (Å²) in [6.45, 7) is 0.469. The molecule has 9 heteroatoms. The predicted molar refractivity (Wildman–Crippen MR) is 118 cm³/mol. The normalized spacial score (nSPS) is 16.3. The van der Waals surface area contributed by atoms with E-state index in [9.17, 15) is 14.4 Å². The SMILES string of the molecule is O=C(CCc1ccccc1Cl)NCCN1C(=O)S/C(=C\c2ccc3c(c2)OCO3)C1=O. The number of hydrogen-bond donors (Lipinski definition) is 1. The number of carbonyl (C=O) groups is 3. The number of rotatable bonds is 7. The molecule has 1 saturated heterocycles. The number of thioether (sulfide) groups is 1. The molecule has 31 heavy (non-hydrogen) atoms. The molecular formula is C22H19ClN2O5S. The lowest BCUT2D eigenvalue weighted by molar-refractivity contribution is -0.124. The smallest absolute Gasteiger partial charge is 0.293 e. The number of nitrogens with one attached hydrogen (secondary N) is 1. The van der Waals surface area contributed by atoms with Crippen LogP contribution in [0.4, 0.5) is 4.79 Å². The first kappa shape index (κ1) is 21.3. The van der Waals surface area contributed by atoms with E-state index in [0.29, 0.717) is 27.8 Å². The Kier molecular flexibility index (Phi) is 6.48. The van der Waals surface area contributed by atoms with E-state index in [2.05, 4.69) is 5.32 Å². The summed E-state index contributed by atoms with van der Waals surface area (Å²) >= 11 is 6.97. The number of carbonyl (C=O) groups excluding carboxylic acids is 3. The highest BCUT2D eigenvalue weighted by atomic mass is 35.5. The monoisotopic (exact) mass is 458 g/mol. The Morgan fingerprint density at radius 3 is 2.81 bits per heavy atom. The number of benzene rings is 2. The summed E-state index contributed by atoms with van der Waals surface area (Å²) in [7, 11) is 0. The standard InChI is InChI=1S/C22H19ClN2O5S/c23-16-4-2-1-3-15(16)6-8-20(26)24-9-10-25-21(27)19(31-22(25)28)12-14-5-7-17-18(11-14)30-13-29-17/h1-5,7,11-12H,6,8-10,13H2,(H,24,26)/b19-12-. The van der Waals surface area contributed by atoms with Crippen LogP contribution < -0.4 is 14.8 Å². The van der Waals surface area contributed by atoms with E-state index in [0.717, 1.165) is 27.8 Å². The third-order valence-electron chi connectivity index (χ3n) is 4.80. The molecule has 1 N–H and O–H groups in total. The third kappa shape index (κ3) is 5.03. The molecule has 2 aliphatic heterocycles. The highest BCUT2D eigenvalue weighted by molar-refractivity contribution is 8.18. The first-order chi connectivity index (χ1) is 15.0. The molecule has 2 aromatic carbocycles. The van der Waals surface area contributed by atoms with Gasteiger partial charge in [0, 0.05) is 24.5 Å². The van der Waals surface area contributed by atoms with E-state index in [1.165, 1.54) is 0 Å². The molecule has 0 aliphatic carbocycles. The third-order valence-corrected chi connectivity index (χ3v) is 6.08. The first-order valence-electron chi connectivity index (χ1n) is 9.66. The fourth-order valence-corrected chi connectivity index (χ4v) is 4.29.